The van der Waals surface area contributed by atoms with Gasteiger partial charge in [-0.3, -0.25) is 9.59 Å². The number of ether oxygens (including phenoxy) is 2. The van der Waals surface area contributed by atoms with Gasteiger partial charge in [0, 0.05) is 18.3 Å². The number of carbonyl (C=O) groups excluding carboxylic acids is 1. The Morgan fingerprint density at radius 3 is 2.96 bits per heavy atom. The summed E-state index contributed by atoms with van der Waals surface area (Å²) < 4.78 is 13.4. The van der Waals surface area contributed by atoms with Crippen molar-refractivity contribution in [3.8, 4) is 5.75 Å². The summed E-state index contributed by atoms with van der Waals surface area (Å²) in [7, 11) is 0. The Balaban J connectivity index is 1.71. The van der Waals surface area contributed by atoms with Gasteiger partial charge in [-0.05, 0) is 25.2 Å². The van der Waals surface area contributed by atoms with Crippen LogP contribution in [0.3, 0.4) is 0 Å². The first kappa shape index (κ1) is 14.8. The maximum atomic E-state index is 13.1. The number of fused-ring (bicyclic) bond motifs is 2. The maximum Gasteiger partial charge on any atom is 0.276 e. The van der Waals surface area contributed by atoms with Gasteiger partial charge in [-0.25, -0.2) is 0 Å². The highest BCUT2D eigenvalue weighted by atomic mass is 16.5. The van der Waals surface area contributed by atoms with Gasteiger partial charge >= 0.3 is 0 Å². The Morgan fingerprint density at radius 1 is 1.35 bits per heavy atom. The summed E-state index contributed by atoms with van der Waals surface area (Å²) in [4.78, 5) is 27.1. The molecule has 23 heavy (non-hydrogen) atoms. The molecule has 1 amide bonds. The second kappa shape index (κ2) is 5.67. The second-order valence-corrected chi connectivity index (χ2v) is 6.70. The number of carbonyl (C=O) groups is 1. The van der Waals surface area contributed by atoms with Crippen LogP contribution < -0.4 is 10.2 Å². The summed E-state index contributed by atoms with van der Waals surface area (Å²) in [6, 6.07) is 1.72. The molecular formula is C17H22N2O4. The molecule has 0 aromatic carbocycles. The van der Waals surface area contributed by atoms with Crippen molar-refractivity contribution >= 4 is 5.91 Å². The normalized spacial score (nSPS) is 28.5. The van der Waals surface area contributed by atoms with Crippen LogP contribution in [-0.2, 0) is 11.3 Å². The van der Waals surface area contributed by atoms with Crippen LogP contribution in [0.1, 0.15) is 43.1 Å². The van der Waals surface area contributed by atoms with Crippen LogP contribution in [0.15, 0.2) is 17.1 Å². The molecule has 3 fully saturated rings. The molecule has 5 rings (SSSR count). The van der Waals surface area contributed by atoms with Crippen LogP contribution in [0, 0.1) is 5.92 Å². The minimum absolute atomic E-state index is 0.129. The smallest absolute Gasteiger partial charge is 0.276 e. The van der Waals surface area contributed by atoms with E-state index in [1.54, 1.807) is 6.20 Å². The highest BCUT2D eigenvalue weighted by Gasteiger charge is 2.47. The molecule has 1 aromatic rings. The number of rotatable bonds is 4. The van der Waals surface area contributed by atoms with Gasteiger partial charge in [0.15, 0.2) is 17.7 Å². The fourth-order valence-corrected chi connectivity index (χ4v) is 3.74. The van der Waals surface area contributed by atoms with Crippen LogP contribution in [0.2, 0.25) is 0 Å². The van der Waals surface area contributed by atoms with E-state index in [2.05, 4.69) is 6.92 Å². The van der Waals surface area contributed by atoms with Crippen molar-refractivity contribution in [2.24, 2.45) is 5.92 Å². The Hall–Kier alpha value is -1.82. The van der Waals surface area contributed by atoms with Crippen molar-refractivity contribution in [2.45, 2.75) is 51.4 Å². The highest BCUT2D eigenvalue weighted by molar-refractivity contribution is 5.96. The molecule has 2 bridgehead atoms. The van der Waals surface area contributed by atoms with Crippen LogP contribution >= 0.6 is 0 Å². The Labute approximate surface area is 135 Å². The maximum absolute atomic E-state index is 13.1. The molecule has 0 N–H and O–H groups in total. The van der Waals surface area contributed by atoms with Gasteiger partial charge in [-0.1, -0.05) is 13.3 Å². The van der Waals surface area contributed by atoms with Crippen LogP contribution in [0.25, 0.3) is 0 Å². The molecule has 1 atom stereocenters. The second-order valence-electron chi connectivity index (χ2n) is 6.70. The van der Waals surface area contributed by atoms with Crippen LogP contribution in [0.4, 0.5) is 0 Å². The monoisotopic (exact) mass is 318 g/mol. The lowest BCUT2D eigenvalue weighted by molar-refractivity contribution is -0.0527. The summed E-state index contributed by atoms with van der Waals surface area (Å²) in [6.45, 7) is 3.81. The third-order valence-corrected chi connectivity index (χ3v) is 5.10. The predicted octanol–water partition coefficient (Wildman–Crippen LogP) is 1.62. The Morgan fingerprint density at radius 2 is 2.17 bits per heavy atom. The molecule has 124 valence electrons. The van der Waals surface area contributed by atoms with E-state index in [1.807, 2.05) is 9.47 Å². The predicted molar refractivity (Wildman–Crippen MR) is 83.5 cm³/mol. The van der Waals surface area contributed by atoms with E-state index in [1.165, 1.54) is 6.07 Å². The van der Waals surface area contributed by atoms with Crippen molar-refractivity contribution in [3.63, 3.8) is 0 Å². The number of pyridine rings is 1. The summed E-state index contributed by atoms with van der Waals surface area (Å²) in [5.41, 5.74) is 0.167. The van der Waals surface area contributed by atoms with E-state index in [0.29, 0.717) is 24.8 Å². The fourth-order valence-electron chi connectivity index (χ4n) is 3.74. The average Bonchev–Trinajstić information content (AvgIpc) is 2.79. The number of hydrogen-bond donors (Lipinski definition) is 0. The summed E-state index contributed by atoms with van der Waals surface area (Å²) in [6.07, 6.45) is 5.31. The standard InChI is InChI=1S/C17H22N2O4/c1-2-3-6-22-16-13(20)4-5-18-9-14-19(17(21)15(16)18)12-7-11(8-12)10-23-14/h4-5,11-12,14H,2-3,6-10H2,1H3. The topological polar surface area (TPSA) is 60.8 Å². The van der Waals surface area contributed by atoms with E-state index >= 15 is 0 Å². The van der Waals surface area contributed by atoms with Crippen LogP contribution in [-0.4, -0.2) is 40.9 Å². The van der Waals surface area contributed by atoms with E-state index in [9.17, 15) is 9.59 Å². The minimum Gasteiger partial charge on any atom is -0.487 e. The van der Waals surface area contributed by atoms with Gasteiger partial charge in [0.2, 0.25) is 5.43 Å². The van der Waals surface area contributed by atoms with Gasteiger partial charge in [0.1, 0.15) is 0 Å². The summed E-state index contributed by atoms with van der Waals surface area (Å²) >= 11 is 0. The van der Waals surface area contributed by atoms with Gasteiger partial charge in [0.05, 0.1) is 19.8 Å². The van der Waals surface area contributed by atoms with Gasteiger partial charge < -0.3 is 18.9 Å². The quantitative estimate of drug-likeness (QED) is 0.792. The van der Waals surface area contributed by atoms with E-state index in [0.717, 1.165) is 32.3 Å². The molecule has 1 saturated carbocycles. The van der Waals surface area contributed by atoms with Crippen molar-refractivity contribution < 1.29 is 14.3 Å². The molecule has 1 aromatic heterocycles. The summed E-state index contributed by atoms with van der Waals surface area (Å²) in [5, 5.41) is 0. The number of unbranched alkanes of at least 4 members (excludes halogenated alkanes) is 1. The van der Waals surface area contributed by atoms with Crippen molar-refractivity contribution in [1.29, 1.82) is 0 Å². The van der Waals surface area contributed by atoms with Gasteiger partial charge in [-0.15, -0.1) is 0 Å². The van der Waals surface area contributed by atoms with Crippen LogP contribution in [0.5, 0.6) is 5.75 Å². The molecule has 3 aliphatic heterocycles. The SMILES string of the molecule is CCCCOc1c2n(ccc1=O)CC1OCC3CC(C3)N1C2=O. The number of nitrogens with zero attached hydrogens (tertiary/aromatic N) is 2. The zero-order valence-electron chi connectivity index (χ0n) is 13.4. The zero-order valence-corrected chi connectivity index (χ0v) is 13.4. The average molecular weight is 318 g/mol. The third-order valence-electron chi connectivity index (χ3n) is 5.10. The lowest BCUT2D eigenvalue weighted by atomic mass is 9.80. The Bertz CT molecular complexity index is 678. The lowest BCUT2D eigenvalue weighted by Gasteiger charge is -2.43. The third kappa shape index (κ3) is 2.36. The first-order chi connectivity index (χ1) is 11.2. The molecular weight excluding hydrogens is 296 g/mol. The summed E-state index contributed by atoms with van der Waals surface area (Å²) in [5.74, 6) is 0.641. The molecule has 1 unspecified atom stereocenters. The highest BCUT2D eigenvalue weighted by Crippen LogP contribution is 2.40. The number of hydrogen-bond acceptors (Lipinski definition) is 4. The molecule has 4 aliphatic rings. The largest absolute Gasteiger partial charge is 0.487 e. The molecule has 2 saturated heterocycles. The van der Waals surface area contributed by atoms with Crippen molar-refractivity contribution in [3.05, 3.63) is 28.2 Å². The van der Waals surface area contributed by atoms with Gasteiger partial charge in [-0.2, -0.15) is 0 Å². The molecule has 6 nitrogen and oxygen atoms in total. The zero-order chi connectivity index (χ0) is 16.0. The van der Waals surface area contributed by atoms with E-state index in [4.69, 9.17) is 9.47 Å². The first-order valence-electron chi connectivity index (χ1n) is 8.49. The fraction of sp³-hybridized carbons (Fsp3) is 0.647. The first-order valence-corrected chi connectivity index (χ1v) is 8.49. The molecule has 6 heteroatoms. The molecule has 1 aliphatic carbocycles. The van der Waals surface area contributed by atoms with Gasteiger partial charge in [0.25, 0.3) is 5.91 Å². The molecule has 0 radical (unpaired) electrons. The van der Waals surface area contributed by atoms with E-state index in [-0.39, 0.29) is 29.4 Å². The Kier molecular flexibility index (Phi) is 3.64. The minimum atomic E-state index is -0.224. The lowest BCUT2D eigenvalue weighted by Crippen LogP contribution is -2.55. The number of aromatic nitrogens is 1. The number of amides is 1. The molecule has 0 spiro atoms. The van der Waals surface area contributed by atoms with Crippen molar-refractivity contribution in [2.75, 3.05) is 13.2 Å². The molecule has 4 heterocycles. The van der Waals surface area contributed by atoms with Crippen molar-refractivity contribution in [1.82, 2.24) is 9.47 Å². The van der Waals surface area contributed by atoms with E-state index < -0.39 is 0 Å².